The lowest BCUT2D eigenvalue weighted by Crippen LogP contribution is -2.15. The Labute approximate surface area is 131 Å². The van der Waals surface area contributed by atoms with E-state index in [1.54, 1.807) is 19.2 Å². The molecule has 110 valence electrons. The average Bonchev–Trinajstić information content (AvgIpc) is 3.03. The fourth-order valence-corrected chi connectivity index (χ4v) is 3.31. The summed E-state index contributed by atoms with van der Waals surface area (Å²) in [6, 6.07) is 12.6. The van der Waals surface area contributed by atoms with Gasteiger partial charge in [0.15, 0.2) is 6.29 Å². The summed E-state index contributed by atoms with van der Waals surface area (Å²) >= 11 is 1.41. The number of aldehydes is 1. The van der Waals surface area contributed by atoms with Gasteiger partial charge in [-0.05, 0) is 40.6 Å². The normalized spacial score (nSPS) is 10.6. The lowest BCUT2D eigenvalue weighted by atomic mass is 10.0. The summed E-state index contributed by atoms with van der Waals surface area (Å²) in [6.07, 6.45) is 0.659. The molecule has 0 saturated carbocycles. The van der Waals surface area contributed by atoms with Gasteiger partial charge in [-0.1, -0.05) is 18.2 Å². The van der Waals surface area contributed by atoms with E-state index in [2.05, 4.69) is 5.32 Å². The van der Waals surface area contributed by atoms with Gasteiger partial charge in [0.05, 0.1) is 10.4 Å². The quantitative estimate of drug-likeness (QED) is 0.728. The number of hydrogen-bond acceptors (Lipinski definition) is 4. The average molecular weight is 311 g/mol. The summed E-state index contributed by atoms with van der Waals surface area (Å²) in [7, 11) is 1.60. The van der Waals surface area contributed by atoms with Gasteiger partial charge in [-0.15, -0.1) is 11.3 Å². The van der Waals surface area contributed by atoms with E-state index in [0.717, 1.165) is 15.8 Å². The Morgan fingerprint density at radius 2 is 2.00 bits per heavy atom. The van der Waals surface area contributed by atoms with E-state index in [0.29, 0.717) is 22.1 Å². The first-order valence-corrected chi connectivity index (χ1v) is 7.49. The summed E-state index contributed by atoms with van der Waals surface area (Å²) in [5.41, 5.74) is 1.26. The zero-order chi connectivity index (χ0) is 15.7. The van der Waals surface area contributed by atoms with Crippen molar-refractivity contribution in [3.63, 3.8) is 0 Å². The molecule has 22 heavy (non-hydrogen) atoms. The molecule has 4 nitrogen and oxygen atoms in total. The van der Waals surface area contributed by atoms with Crippen LogP contribution in [0.25, 0.3) is 21.2 Å². The molecule has 0 fully saturated rings. The summed E-state index contributed by atoms with van der Waals surface area (Å²) in [4.78, 5) is 24.4. The van der Waals surface area contributed by atoms with Crippen LogP contribution < -0.4 is 5.32 Å². The number of nitrogens with one attached hydrogen (secondary N) is 1. The first-order valence-electron chi connectivity index (χ1n) is 6.67. The van der Waals surface area contributed by atoms with Crippen molar-refractivity contribution in [2.45, 2.75) is 0 Å². The number of fused-ring (bicyclic) bond motifs is 1. The number of carbonyl (C=O) groups excluding carboxylic acids is 2. The summed E-state index contributed by atoms with van der Waals surface area (Å²) in [5, 5.41) is 13.9. The van der Waals surface area contributed by atoms with E-state index in [-0.39, 0.29) is 11.7 Å². The minimum atomic E-state index is -0.106. The molecule has 0 atom stereocenters. The summed E-state index contributed by atoms with van der Waals surface area (Å²) < 4.78 is 0. The van der Waals surface area contributed by atoms with Crippen molar-refractivity contribution in [1.82, 2.24) is 5.32 Å². The third kappa shape index (κ3) is 2.35. The SMILES string of the molecule is CNC(=O)c1ccc(-c2ccc3c(C=O)c(O)ccc3c2)s1. The highest BCUT2D eigenvalue weighted by atomic mass is 32.1. The van der Waals surface area contributed by atoms with Crippen LogP contribution in [0.4, 0.5) is 0 Å². The number of rotatable bonds is 3. The van der Waals surface area contributed by atoms with Gasteiger partial charge in [0.1, 0.15) is 5.75 Å². The van der Waals surface area contributed by atoms with Gasteiger partial charge in [0, 0.05) is 11.9 Å². The van der Waals surface area contributed by atoms with Crippen molar-refractivity contribution in [2.24, 2.45) is 0 Å². The monoisotopic (exact) mass is 311 g/mol. The van der Waals surface area contributed by atoms with E-state index in [1.165, 1.54) is 17.4 Å². The van der Waals surface area contributed by atoms with E-state index < -0.39 is 0 Å². The number of phenolic OH excluding ortho intramolecular Hbond substituents is 1. The predicted molar refractivity (Wildman–Crippen MR) is 87.7 cm³/mol. The van der Waals surface area contributed by atoms with Gasteiger partial charge >= 0.3 is 0 Å². The van der Waals surface area contributed by atoms with E-state index in [4.69, 9.17) is 0 Å². The van der Waals surface area contributed by atoms with Crippen LogP contribution >= 0.6 is 11.3 Å². The number of benzene rings is 2. The molecule has 0 spiro atoms. The smallest absolute Gasteiger partial charge is 0.261 e. The molecule has 3 aromatic rings. The molecular weight excluding hydrogens is 298 g/mol. The van der Waals surface area contributed by atoms with Crippen LogP contribution in [0, 0.1) is 0 Å². The third-order valence-corrected chi connectivity index (χ3v) is 4.63. The van der Waals surface area contributed by atoms with Crippen molar-refractivity contribution in [3.05, 3.63) is 52.9 Å². The maximum absolute atomic E-state index is 11.6. The zero-order valence-electron chi connectivity index (χ0n) is 11.8. The molecule has 0 bridgehead atoms. The van der Waals surface area contributed by atoms with Crippen LogP contribution in [0.3, 0.4) is 0 Å². The fraction of sp³-hybridized carbons (Fsp3) is 0.0588. The van der Waals surface area contributed by atoms with Gasteiger partial charge < -0.3 is 10.4 Å². The third-order valence-electron chi connectivity index (χ3n) is 3.50. The highest BCUT2D eigenvalue weighted by molar-refractivity contribution is 7.17. The maximum Gasteiger partial charge on any atom is 0.261 e. The molecule has 2 N–H and O–H groups in total. The molecule has 0 unspecified atom stereocenters. The van der Waals surface area contributed by atoms with E-state index in [1.807, 2.05) is 24.3 Å². The Kier molecular flexibility index (Phi) is 3.65. The molecule has 3 rings (SSSR count). The Balaban J connectivity index is 2.09. The minimum absolute atomic E-state index is 0.0201. The molecule has 1 aromatic heterocycles. The van der Waals surface area contributed by atoms with Crippen LogP contribution in [0.5, 0.6) is 5.75 Å². The molecule has 0 radical (unpaired) electrons. The van der Waals surface area contributed by atoms with Crippen LogP contribution in [0.1, 0.15) is 20.0 Å². The van der Waals surface area contributed by atoms with Gasteiger partial charge in [-0.25, -0.2) is 0 Å². The maximum atomic E-state index is 11.6. The van der Waals surface area contributed by atoms with Crippen molar-refractivity contribution in [1.29, 1.82) is 0 Å². The van der Waals surface area contributed by atoms with Crippen LogP contribution in [-0.2, 0) is 0 Å². The second-order valence-electron chi connectivity index (χ2n) is 4.80. The Hall–Kier alpha value is -2.66. The van der Waals surface area contributed by atoms with Crippen LogP contribution in [-0.4, -0.2) is 24.3 Å². The molecule has 5 heteroatoms. The lowest BCUT2D eigenvalue weighted by Gasteiger charge is -2.05. The van der Waals surface area contributed by atoms with Gasteiger partial charge in [0.25, 0.3) is 5.91 Å². The molecule has 1 amide bonds. The van der Waals surface area contributed by atoms with Crippen molar-refractivity contribution in [3.8, 4) is 16.2 Å². The van der Waals surface area contributed by atoms with Gasteiger partial charge in [-0.2, -0.15) is 0 Å². The number of phenols is 1. The van der Waals surface area contributed by atoms with Crippen molar-refractivity contribution >= 4 is 34.3 Å². The highest BCUT2D eigenvalue weighted by Gasteiger charge is 2.11. The van der Waals surface area contributed by atoms with Crippen LogP contribution in [0.2, 0.25) is 0 Å². The van der Waals surface area contributed by atoms with Crippen molar-refractivity contribution < 1.29 is 14.7 Å². The number of hydrogen-bond donors (Lipinski definition) is 2. The summed E-state index contributed by atoms with van der Waals surface area (Å²) in [6.45, 7) is 0. The fourth-order valence-electron chi connectivity index (χ4n) is 2.36. The van der Waals surface area contributed by atoms with E-state index in [9.17, 15) is 14.7 Å². The van der Waals surface area contributed by atoms with Crippen molar-refractivity contribution in [2.75, 3.05) is 7.05 Å². The predicted octanol–water partition coefficient (Wildman–Crippen LogP) is 3.45. The minimum Gasteiger partial charge on any atom is -0.507 e. The lowest BCUT2D eigenvalue weighted by molar-refractivity contribution is 0.0966. The van der Waals surface area contributed by atoms with Gasteiger partial charge in [-0.3, -0.25) is 9.59 Å². The molecule has 1 heterocycles. The Morgan fingerprint density at radius 1 is 1.18 bits per heavy atom. The first kappa shape index (κ1) is 14.3. The number of amides is 1. The summed E-state index contributed by atoms with van der Waals surface area (Å²) in [5.74, 6) is -0.126. The molecule has 0 aliphatic rings. The van der Waals surface area contributed by atoms with Crippen LogP contribution in [0.15, 0.2) is 42.5 Å². The molecule has 2 aromatic carbocycles. The van der Waals surface area contributed by atoms with Gasteiger partial charge in [0.2, 0.25) is 0 Å². The standard InChI is InChI=1S/C17H13NO3S/c1-18-17(21)16-7-6-15(22-16)11-2-4-12-10(8-11)3-5-14(20)13(12)9-19/h2-9,20H,1H3,(H,18,21). The highest BCUT2D eigenvalue weighted by Crippen LogP contribution is 2.33. The number of carbonyl (C=O) groups is 2. The number of thiophene rings is 1. The molecular formula is C17H13NO3S. The second kappa shape index (κ2) is 5.61. The molecule has 0 aliphatic heterocycles. The topological polar surface area (TPSA) is 66.4 Å². The largest absolute Gasteiger partial charge is 0.507 e. The van der Waals surface area contributed by atoms with E-state index >= 15 is 0 Å². The Morgan fingerprint density at radius 3 is 2.73 bits per heavy atom. The molecule has 0 saturated heterocycles. The first-order chi connectivity index (χ1) is 10.6. The number of aromatic hydroxyl groups is 1. The molecule has 0 aliphatic carbocycles. The second-order valence-corrected chi connectivity index (χ2v) is 5.88. The Bertz CT molecular complexity index is 883. The zero-order valence-corrected chi connectivity index (χ0v) is 12.6.